The molecular weight excluding hydrogens is 405 g/mol. The summed E-state index contributed by atoms with van der Waals surface area (Å²) < 4.78 is 19.8. The number of benzene rings is 2. The molecule has 0 fully saturated rings. The summed E-state index contributed by atoms with van der Waals surface area (Å²) in [4.78, 5) is 11.9. The summed E-state index contributed by atoms with van der Waals surface area (Å²) in [7, 11) is 0. The van der Waals surface area contributed by atoms with E-state index in [1.807, 2.05) is 19.1 Å². The highest BCUT2D eigenvalue weighted by molar-refractivity contribution is 9.11. The molecule has 2 aromatic rings. The fraction of sp³-hybridized carbons (Fsp3) is 0.133. The van der Waals surface area contributed by atoms with Gasteiger partial charge in [0.1, 0.15) is 11.6 Å². The summed E-state index contributed by atoms with van der Waals surface area (Å²) in [6.45, 7) is 1.75. The van der Waals surface area contributed by atoms with Gasteiger partial charge in [0, 0.05) is 15.0 Å². The lowest BCUT2D eigenvalue weighted by Gasteiger charge is -2.11. The smallest absolute Gasteiger partial charge is 0.262 e. The minimum Gasteiger partial charge on any atom is -0.484 e. The third-order valence-electron chi connectivity index (χ3n) is 2.62. The average molecular weight is 417 g/mol. The molecule has 0 unspecified atom stereocenters. The maximum Gasteiger partial charge on any atom is 0.262 e. The SMILES string of the molecule is Cc1cc(Br)c(NC(=O)COc2cccc(F)c2)c(Br)c1. The van der Waals surface area contributed by atoms with Crippen molar-refractivity contribution in [3.05, 3.63) is 56.7 Å². The van der Waals surface area contributed by atoms with E-state index in [2.05, 4.69) is 37.2 Å². The Balaban J connectivity index is 1.99. The first kappa shape index (κ1) is 16.0. The van der Waals surface area contributed by atoms with Crippen LogP contribution in [0.5, 0.6) is 5.75 Å². The molecule has 0 aliphatic heterocycles. The van der Waals surface area contributed by atoms with Crippen LogP contribution in [-0.4, -0.2) is 12.5 Å². The van der Waals surface area contributed by atoms with E-state index in [9.17, 15) is 9.18 Å². The van der Waals surface area contributed by atoms with Gasteiger partial charge in [-0.3, -0.25) is 4.79 Å². The van der Waals surface area contributed by atoms with Gasteiger partial charge in [-0.2, -0.15) is 0 Å². The van der Waals surface area contributed by atoms with Crippen molar-refractivity contribution in [1.82, 2.24) is 0 Å². The fourth-order valence-corrected chi connectivity index (χ4v) is 3.31. The van der Waals surface area contributed by atoms with E-state index < -0.39 is 5.82 Å². The summed E-state index contributed by atoms with van der Waals surface area (Å²) in [5.41, 5.74) is 1.69. The molecular formula is C15H12Br2FNO2. The van der Waals surface area contributed by atoms with Crippen molar-refractivity contribution in [2.75, 3.05) is 11.9 Å². The van der Waals surface area contributed by atoms with Gasteiger partial charge in [0.15, 0.2) is 6.61 Å². The number of aryl methyl sites for hydroxylation is 1. The Labute approximate surface area is 138 Å². The first-order valence-electron chi connectivity index (χ1n) is 6.09. The fourth-order valence-electron chi connectivity index (χ4n) is 1.70. The molecule has 2 aromatic carbocycles. The van der Waals surface area contributed by atoms with Crippen LogP contribution < -0.4 is 10.1 Å². The molecule has 6 heteroatoms. The number of carbonyl (C=O) groups is 1. The Hall–Kier alpha value is -1.40. The molecule has 0 aliphatic carbocycles. The lowest BCUT2D eigenvalue weighted by atomic mass is 10.2. The molecule has 3 nitrogen and oxygen atoms in total. The number of amides is 1. The summed E-state index contributed by atoms with van der Waals surface area (Å²) >= 11 is 6.79. The molecule has 1 N–H and O–H groups in total. The summed E-state index contributed by atoms with van der Waals surface area (Å²) in [5.74, 6) is -0.423. The normalized spacial score (nSPS) is 10.3. The number of rotatable bonds is 4. The van der Waals surface area contributed by atoms with Crippen molar-refractivity contribution in [2.45, 2.75) is 6.92 Å². The Morgan fingerprint density at radius 1 is 1.24 bits per heavy atom. The Morgan fingerprint density at radius 3 is 2.52 bits per heavy atom. The quantitative estimate of drug-likeness (QED) is 0.785. The van der Waals surface area contributed by atoms with E-state index in [-0.39, 0.29) is 12.5 Å². The number of hydrogen-bond donors (Lipinski definition) is 1. The van der Waals surface area contributed by atoms with Gasteiger partial charge in [-0.1, -0.05) is 6.07 Å². The number of nitrogens with one attached hydrogen (secondary N) is 1. The molecule has 0 spiro atoms. The van der Waals surface area contributed by atoms with Crippen LogP contribution in [0.1, 0.15) is 5.56 Å². The second-order valence-corrected chi connectivity index (χ2v) is 6.11. The zero-order valence-corrected chi connectivity index (χ0v) is 14.3. The second kappa shape index (κ2) is 7.04. The Morgan fingerprint density at radius 2 is 1.90 bits per heavy atom. The van der Waals surface area contributed by atoms with Crippen LogP contribution in [0.2, 0.25) is 0 Å². The van der Waals surface area contributed by atoms with E-state index in [0.29, 0.717) is 11.4 Å². The Kier molecular flexibility index (Phi) is 5.36. The third kappa shape index (κ3) is 4.54. The minimum absolute atomic E-state index is 0.198. The van der Waals surface area contributed by atoms with E-state index >= 15 is 0 Å². The van der Waals surface area contributed by atoms with E-state index in [1.165, 1.54) is 18.2 Å². The molecule has 0 aromatic heterocycles. The molecule has 0 atom stereocenters. The van der Waals surface area contributed by atoms with Gasteiger partial charge in [0.05, 0.1) is 5.69 Å². The molecule has 1 amide bonds. The van der Waals surface area contributed by atoms with Crippen molar-refractivity contribution < 1.29 is 13.9 Å². The van der Waals surface area contributed by atoms with E-state index in [1.54, 1.807) is 6.07 Å². The highest BCUT2D eigenvalue weighted by atomic mass is 79.9. The molecule has 0 aliphatic rings. The van der Waals surface area contributed by atoms with Gasteiger partial charge in [-0.15, -0.1) is 0 Å². The number of ether oxygens (including phenoxy) is 1. The standard InChI is InChI=1S/C15H12Br2FNO2/c1-9-5-12(16)15(13(17)6-9)19-14(20)8-21-11-4-2-3-10(18)7-11/h2-7H,8H2,1H3,(H,19,20). The first-order valence-corrected chi connectivity index (χ1v) is 7.68. The summed E-state index contributed by atoms with van der Waals surface area (Å²) in [6.07, 6.45) is 0. The zero-order chi connectivity index (χ0) is 15.4. The number of halogens is 3. The lowest BCUT2D eigenvalue weighted by Crippen LogP contribution is -2.20. The van der Waals surface area contributed by atoms with Crippen LogP contribution in [0, 0.1) is 12.7 Å². The number of hydrogen-bond acceptors (Lipinski definition) is 2. The second-order valence-electron chi connectivity index (χ2n) is 4.40. The van der Waals surface area contributed by atoms with Crippen LogP contribution in [0.4, 0.5) is 10.1 Å². The average Bonchev–Trinajstić information content (AvgIpc) is 2.40. The molecule has 21 heavy (non-hydrogen) atoms. The predicted octanol–water partition coefficient (Wildman–Crippen LogP) is 4.68. The van der Waals surface area contributed by atoms with E-state index in [0.717, 1.165) is 14.5 Å². The van der Waals surface area contributed by atoms with Gasteiger partial charge < -0.3 is 10.1 Å². The minimum atomic E-state index is -0.406. The number of carbonyl (C=O) groups excluding carboxylic acids is 1. The molecule has 0 bridgehead atoms. The van der Waals surface area contributed by atoms with Gasteiger partial charge in [0.2, 0.25) is 0 Å². The summed E-state index contributed by atoms with van der Waals surface area (Å²) in [6, 6.07) is 9.45. The highest BCUT2D eigenvalue weighted by Crippen LogP contribution is 2.32. The monoisotopic (exact) mass is 415 g/mol. The molecule has 0 heterocycles. The van der Waals surface area contributed by atoms with Gasteiger partial charge >= 0.3 is 0 Å². The molecule has 0 saturated heterocycles. The van der Waals surface area contributed by atoms with Gasteiger partial charge in [-0.25, -0.2) is 4.39 Å². The molecule has 2 rings (SSSR count). The largest absolute Gasteiger partial charge is 0.484 e. The topological polar surface area (TPSA) is 38.3 Å². The summed E-state index contributed by atoms with van der Waals surface area (Å²) in [5, 5.41) is 2.74. The van der Waals surface area contributed by atoms with Gasteiger partial charge in [0.25, 0.3) is 5.91 Å². The van der Waals surface area contributed by atoms with Gasteiger partial charge in [-0.05, 0) is 68.6 Å². The Bertz CT molecular complexity index is 653. The maximum atomic E-state index is 13.0. The highest BCUT2D eigenvalue weighted by Gasteiger charge is 2.11. The van der Waals surface area contributed by atoms with Crippen LogP contribution in [0.15, 0.2) is 45.3 Å². The van der Waals surface area contributed by atoms with Crippen molar-refractivity contribution in [3.63, 3.8) is 0 Å². The van der Waals surface area contributed by atoms with Crippen molar-refractivity contribution in [2.24, 2.45) is 0 Å². The van der Waals surface area contributed by atoms with Crippen molar-refractivity contribution >= 4 is 43.5 Å². The molecule has 0 saturated carbocycles. The van der Waals surface area contributed by atoms with Crippen LogP contribution in [-0.2, 0) is 4.79 Å². The lowest BCUT2D eigenvalue weighted by molar-refractivity contribution is -0.118. The maximum absolute atomic E-state index is 13.0. The van der Waals surface area contributed by atoms with Crippen LogP contribution >= 0.6 is 31.9 Å². The first-order chi connectivity index (χ1) is 9.95. The van der Waals surface area contributed by atoms with Crippen LogP contribution in [0.25, 0.3) is 0 Å². The van der Waals surface area contributed by atoms with E-state index in [4.69, 9.17) is 4.74 Å². The molecule has 110 valence electrons. The molecule has 0 radical (unpaired) electrons. The number of anilines is 1. The van der Waals surface area contributed by atoms with Crippen molar-refractivity contribution in [3.8, 4) is 5.75 Å². The zero-order valence-electron chi connectivity index (χ0n) is 11.1. The third-order valence-corrected chi connectivity index (χ3v) is 3.87. The van der Waals surface area contributed by atoms with Crippen molar-refractivity contribution in [1.29, 1.82) is 0 Å². The van der Waals surface area contributed by atoms with Crippen LogP contribution in [0.3, 0.4) is 0 Å². The predicted molar refractivity (Wildman–Crippen MR) is 87.1 cm³/mol.